The Hall–Kier alpha value is -2.08. The van der Waals surface area contributed by atoms with Gasteiger partial charge in [-0.3, -0.25) is 9.59 Å². The van der Waals surface area contributed by atoms with Crippen LogP contribution in [-0.4, -0.2) is 29.0 Å². The Labute approximate surface area is 124 Å². The first kappa shape index (κ1) is 17.0. The van der Waals surface area contributed by atoms with Gasteiger partial charge in [0.05, 0.1) is 6.04 Å². The van der Waals surface area contributed by atoms with Crippen LogP contribution in [0.3, 0.4) is 0 Å². The molecule has 0 bridgehead atoms. The fraction of sp³-hybridized carbons (Fsp3) is 0.467. The van der Waals surface area contributed by atoms with E-state index in [4.69, 9.17) is 11.5 Å². The number of nitrogens with one attached hydrogen (secondary N) is 1. The number of rotatable bonds is 7. The van der Waals surface area contributed by atoms with Gasteiger partial charge in [-0.2, -0.15) is 0 Å². The summed E-state index contributed by atoms with van der Waals surface area (Å²) in [4.78, 5) is 23.3. The van der Waals surface area contributed by atoms with Crippen molar-refractivity contribution >= 4 is 11.8 Å². The summed E-state index contributed by atoms with van der Waals surface area (Å²) in [5.74, 6) is -0.583. The molecule has 2 unspecified atom stereocenters. The maximum absolute atomic E-state index is 12.0. The number of phenols is 1. The van der Waals surface area contributed by atoms with Crippen molar-refractivity contribution < 1.29 is 14.7 Å². The van der Waals surface area contributed by atoms with Crippen molar-refractivity contribution in [1.29, 1.82) is 0 Å². The summed E-state index contributed by atoms with van der Waals surface area (Å²) in [7, 11) is 0. The molecule has 0 aromatic heterocycles. The van der Waals surface area contributed by atoms with E-state index in [-0.39, 0.29) is 11.7 Å². The largest absolute Gasteiger partial charge is 0.508 e. The third-order valence-electron chi connectivity index (χ3n) is 3.10. The number of hydrogen-bond acceptors (Lipinski definition) is 4. The normalized spacial score (nSPS) is 13.7. The number of benzene rings is 1. The fourth-order valence-corrected chi connectivity index (χ4v) is 1.98. The van der Waals surface area contributed by atoms with E-state index in [2.05, 4.69) is 5.32 Å². The van der Waals surface area contributed by atoms with Gasteiger partial charge < -0.3 is 21.9 Å². The Balaban J connectivity index is 2.60. The zero-order chi connectivity index (χ0) is 16.0. The van der Waals surface area contributed by atoms with E-state index in [0.717, 1.165) is 5.56 Å². The first-order chi connectivity index (χ1) is 9.79. The second-order valence-corrected chi connectivity index (χ2v) is 5.57. The van der Waals surface area contributed by atoms with Gasteiger partial charge in [0.2, 0.25) is 11.8 Å². The highest BCUT2D eigenvalue weighted by atomic mass is 16.3. The van der Waals surface area contributed by atoms with Crippen LogP contribution in [0.25, 0.3) is 0 Å². The monoisotopic (exact) mass is 293 g/mol. The molecule has 6 nitrogen and oxygen atoms in total. The molecule has 0 saturated heterocycles. The van der Waals surface area contributed by atoms with Crippen LogP contribution in [-0.2, 0) is 16.0 Å². The Morgan fingerprint density at radius 1 is 1.24 bits per heavy atom. The molecule has 6 N–H and O–H groups in total. The molecule has 0 heterocycles. The molecular weight excluding hydrogens is 270 g/mol. The summed E-state index contributed by atoms with van der Waals surface area (Å²) in [6, 6.07) is 4.98. The van der Waals surface area contributed by atoms with Gasteiger partial charge in [0, 0.05) is 0 Å². The molecule has 1 aromatic rings. The lowest BCUT2D eigenvalue weighted by molar-refractivity contribution is -0.128. The van der Waals surface area contributed by atoms with Crippen LogP contribution >= 0.6 is 0 Å². The van der Waals surface area contributed by atoms with E-state index < -0.39 is 23.9 Å². The Morgan fingerprint density at radius 3 is 2.29 bits per heavy atom. The van der Waals surface area contributed by atoms with E-state index in [0.29, 0.717) is 12.8 Å². The number of nitrogens with two attached hydrogens (primary N) is 2. The molecule has 6 heteroatoms. The van der Waals surface area contributed by atoms with Crippen molar-refractivity contribution in [2.75, 3.05) is 0 Å². The maximum atomic E-state index is 12.0. The average Bonchev–Trinajstić information content (AvgIpc) is 2.39. The minimum Gasteiger partial charge on any atom is -0.508 e. The molecular formula is C15H23N3O3. The number of carbonyl (C=O) groups excluding carboxylic acids is 2. The summed E-state index contributed by atoms with van der Waals surface area (Å²) in [6.45, 7) is 3.89. The number of carbonyl (C=O) groups is 2. The highest BCUT2D eigenvalue weighted by Crippen LogP contribution is 2.11. The minimum absolute atomic E-state index is 0.155. The molecule has 0 saturated carbocycles. The smallest absolute Gasteiger partial charge is 0.240 e. The SMILES string of the molecule is CC(C)CC(NC(=O)C(N)Cc1ccc(O)cc1)C(N)=O. The highest BCUT2D eigenvalue weighted by molar-refractivity contribution is 5.89. The van der Waals surface area contributed by atoms with Gasteiger partial charge in [-0.1, -0.05) is 26.0 Å². The van der Waals surface area contributed by atoms with Crippen molar-refractivity contribution in [1.82, 2.24) is 5.32 Å². The maximum Gasteiger partial charge on any atom is 0.240 e. The highest BCUT2D eigenvalue weighted by Gasteiger charge is 2.22. The van der Waals surface area contributed by atoms with E-state index in [1.807, 2.05) is 13.8 Å². The van der Waals surface area contributed by atoms with E-state index in [9.17, 15) is 14.7 Å². The predicted octanol–water partition coefficient (Wildman–Crippen LogP) is 0.278. The molecule has 0 aliphatic rings. The molecule has 0 aliphatic carbocycles. The molecule has 0 spiro atoms. The van der Waals surface area contributed by atoms with Crippen molar-refractivity contribution in [3.8, 4) is 5.75 Å². The molecule has 21 heavy (non-hydrogen) atoms. The molecule has 0 aliphatic heterocycles. The molecule has 0 radical (unpaired) electrons. The van der Waals surface area contributed by atoms with Gasteiger partial charge in [0.25, 0.3) is 0 Å². The lowest BCUT2D eigenvalue weighted by Crippen LogP contribution is -2.51. The fourth-order valence-electron chi connectivity index (χ4n) is 1.98. The first-order valence-corrected chi connectivity index (χ1v) is 6.92. The summed E-state index contributed by atoms with van der Waals surface area (Å²) in [5, 5.41) is 11.8. The zero-order valence-electron chi connectivity index (χ0n) is 12.4. The van der Waals surface area contributed by atoms with Crippen LogP contribution in [0.15, 0.2) is 24.3 Å². The van der Waals surface area contributed by atoms with Crippen LogP contribution in [0, 0.1) is 5.92 Å². The molecule has 0 fully saturated rings. The number of hydrogen-bond donors (Lipinski definition) is 4. The van der Waals surface area contributed by atoms with Crippen LogP contribution in [0.5, 0.6) is 5.75 Å². The number of phenolic OH excluding ortho intramolecular Hbond substituents is 1. The lowest BCUT2D eigenvalue weighted by Gasteiger charge is -2.20. The van der Waals surface area contributed by atoms with Gasteiger partial charge >= 0.3 is 0 Å². The van der Waals surface area contributed by atoms with Crippen LogP contribution in [0.1, 0.15) is 25.8 Å². The molecule has 1 aromatic carbocycles. The predicted molar refractivity (Wildman–Crippen MR) is 80.4 cm³/mol. The standard InChI is InChI=1S/C15H23N3O3/c1-9(2)7-13(14(17)20)18-15(21)12(16)8-10-3-5-11(19)6-4-10/h3-6,9,12-13,19H,7-8,16H2,1-2H3,(H2,17,20)(H,18,21). The van der Waals surface area contributed by atoms with Gasteiger partial charge in [-0.05, 0) is 36.5 Å². The minimum atomic E-state index is -0.774. The molecule has 2 amide bonds. The second kappa shape index (κ2) is 7.64. The summed E-state index contributed by atoms with van der Waals surface area (Å²) < 4.78 is 0. The number of aromatic hydroxyl groups is 1. The molecule has 2 atom stereocenters. The summed E-state index contributed by atoms with van der Waals surface area (Å²) in [5.41, 5.74) is 11.9. The first-order valence-electron chi connectivity index (χ1n) is 6.92. The summed E-state index contributed by atoms with van der Waals surface area (Å²) in [6.07, 6.45) is 0.798. The van der Waals surface area contributed by atoms with Gasteiger partial charge in [-0.25, -0.2) is 0 Å². The second-order valence-electron chi connectivity index (χ2n) is 5.57. The van der Waals surface area contributed by atoms with Gasteiger partial charge in [-0.15, -0.1) is 0 Å². The van der Waals surface area contributed by atoms with Gasteiger partial charge in [0.1, 0.15) is 11.8 Å². The van der Waals surface area contributed by atoms with Crippen molar-refractivity contribution in [3.05, 3.63) is 29.8 Å². The topological polar surface area (TPSA) is 118 Å². The average molecular weight is 293 g/mol. The summed E-state index contributed by atoms with van der Waals surface area (Å²) >= 11 is 0. The lowest BCUT2D eigenvalue weighted by atomic mass is 10.0. The Bertz CT molecular complexity index is 485. The van der Waals surface area contributed by atoms with Crippen molar-refractivity contribution in [2.45, 2.75) is 38.8 Å². The van der Waals surface area contributed by atoms with Crippen molar-refractivity contribution in [3.63, 3.8) is 0 Å². The Kier molecular flexibility index (Phi) is 6.17. The van der Waals surface area contributed by atoms with E-state index in [1.165, 1.54) is 12.1 Å². The van der Waals surface area contributed by atoms with Crippen LogP contribution < -0.4 is 16.8 Å². The number of primary amides is 1. The van der Waals surface area contributed by atoms with Gasteiger partial charge in [0.15, 0.2) is 0 Å². The van der Waals surface area contributed by atoms with Crippen molar-refractivity contribution in [2.24, 2.45) is 17.4 Å². The Morgan fingerprint density at radius 2 is 1.81 bits per heavy atom. The van der Waals surface area contributed by atoms with Crippen LogP contribution in [0.2, 0.25) is 0 Å². The molecule has 116 valence electrons. The van der Waals surface area contributed by atoms with Crippen LogP contribution in [0.4, 0.5) is 0 Å². The third kappa shape index (κ3) is 5.83. The van der Waals surface area contributed by atoms with E-state index in [1.54, 1.807) is 12.1 Å². The zero-order valence-corrected chi connectivity index (χ0v) is 12.4. The third-order valence-corrected chi connectivity index (χ3v) is 3.10. The number of amides is 2. The quantitative estimate of drug-likeness (QED) is 0.577. The van der Waals surface area contributed by atoms with E-state index >= 15 is 0 Å². The molecule has 1 rings (SSSR count).